The molecular formula is C22H30N4O2. The Morgan fingerprint density at radius 1 is 1.21 bits per heavy atom. The summed E-state index contributed by atoms with van der Waals surface area (Å²) >= 11 is 0. The summed E-state index contributed by atoms with van der Waals surface area (Å²) in [5.41, 5.74) is 15.9. The number of phenolic OH excluding ortho intramolecular Hbond substituents is 1. The lowest BCUT2D eigenvalue weighted by Gasteiger charge is -2.39. The van der Waals surface area contributed by atoms with Crippen LogP contribution >= 0.6 is 0 Å². The largest absolute Gasteiger partial charge is 0.507 e. The van der Waals surface area contributed by atoms with Crippen molar-refractivity contribution in [3.63, 3.8) is 0 Å². The van der Waals surface area contributed by atoms with Crippen molar-refractivity contribution in [1.82, 2.24) is 9.88 Å². The Morgan fingerprint density at radius 2 is 2.00 bits per heavy atom. The van der Waals surface area contributed by atoms with Crippen LogP contribution in [0.3, 0.4) is 0 Å². The van der Waals surface area contributed by atoms with E-state index in [4.69, 9.17) is 16.2 Å². The maximum atomic E-state index is 10.1. The SMILES string of the molecule is N/C(=C\c1c(C2CCCC(N3CCOCC3)C2)c[nH]c1N)c1ccccc1O. The van der Waals surface area contributed by atoms with Crippen LogP contribution in [0.25, 0.3) is 11.8 Å². The van der Waals surface area contributed by atoms with Crippen LogP contribution in [0.4, 0.5) is 5.82 Å². The van der Waals surface area contributed by atoms with E-state index in [1.165, 1.54) is 18.4 Å². The zero-order valence-corrected chi connectivity index (χ0v) is 16.2. The fourth-order valence-corrected chi connectivity index (χ4v) is 4.64. The molecular weight excluding hydrogens is 352 g/mol. The molecule has 6 nitrogen and oxygen atoms in total. The summed E-state index contributed by atoms with van der Waals surface area (Å²) < 4.78 is 5.51. The lowest BCUT2D eigenvalue weighted by Crippen LogP contribution is -2.45. The van der Waals surface area contributed by atoms with E-state index >= 15 is 0 Å². The first-order chi connectivity index (χ1) is 13.6. The quantitative estimate of drug-likeness (QED) is 0.651. The second-order valence-electron chi connectivity index (χ2n) is 7.85. The van der Waals surface area contributed by atoms with Gasteiger partial charge in [0.1, 0.15) is 11.6 Å². The van der Waals surface area contributed by atoms with Gasteiger partial charge < -0.3 is 26.3 Å². The van der Waals surface area contributed by atoms with E-state index in [2.05, 4.69) is 9.88 Å². The Labute approximate surface area is 166 Å². The first kappa shape index (κ1) is 18.9. The molecule has 1 saturated heterocycles. The molecule has 6 N–H and O–H groups in total. The van der Waals surface area contributed by atoms with Gasteiger partial charge in [-0.1, -0.05) is 18.6 Å². The zero-order chi connectivity index (χ0) is 19.5. The normalized spacial score (nSPS) is 24.4. The number of nitrogens with one attached hydrogen (secondary N) is 1. The molecule has 150 valence electrons. The third-order valence-corrected chi connectivity index (χ3v) is 6.15. The number of nitrogens with two attached hydrogens (primary N) is 2. The third kappa shape index (κ3) is 3.88. The van der Waals surface area contributed by atoms with Crippen molar-refractivity contribution in [2.45, 2.75) is 37.6 Å². The number of benzene rings is 1. The van der Waals surface area contributed by atoms with Crippen molar-refractivity contribution in [2.75, 3.05) is 32.0 Å². The van der Waals surface area contributed by atoms with Gasteiger partial charge in [0, 0.05) is 42.2 Å². The number of ether oxygens (including phenoxy) is 1. The van der Waals surface area contributed by atoms with Crippen molar-refractivity contribution in [3.8, 4) is 5.75 Å². The lowest BCUT2D eigenvalue weighted by molar-refractivity contribution is 0.00657. The van der Waals surface area contributed by atoms with Gasteiger partial charge in [-0.25, -0.2) is 0 Å². The number of morpholine rings is 1. The first-order valence-electron chi connectivity index (χ1n) is 10.2. The standard InChI is InChI=1S/C22H30N4O2/c23-20(17-6-1-2-7-21(17)27)13-18-19(14-25-22(18)24)15-4-3-5-16(12-15)26-8-10-28-11-9-26/h1-2,6-7,13-16,25,27H,3-5,8-12,23-24H2/b20-13-. The summed E-state index contributed by atoms with van der Waals surface area (Å²) in [6.07, 6.45) is 8.70. The predicted octanol–water partition coefficient (Wildman–Crippen LogP) is 3.12. The number of H-pyrrole nitrogens is 1. The summed E-state index contributed by atoms with van der Waals surface area (Å²) in [5.74, 6) is 1.26. The number of rotatable bonds is 4. The Kier molecular flexibility index (Phi) is 5.59. The highest BCUT2D eigenvalue weighted by Gasteiger charge is 2.30. The van der Waals surface area contributed by atoms with E-state index in [0.717, 1.165) is 44.7 Å². The first-order valence-corrected chi connectivity index (χ1v) is 10.2. The van der Waals surface area contributed by atoms with Crippen LogP contribution in [0.1, 0.15) is 48.3 Å². The lowest BCUT2D eigenvalue weighted by atomic mass is 9.80. The van der Waals surface area contributed by atoms with Crippen molar-refractivity contribution < 1.29 is 9.84 Å². The molecule has 2 unspecified atom stereocenters. The minimum absolute atomic E-state index is 0.178. The molecule has 4 rings (SSSR count). The number of hydrogen-bond donors (Lipinski definition) is 4. The molecule has 1 aliphatic heterocycles. The molecule has 28 heavy (non-hydrogen) atoms. The predicted molar refractivity (Wildman–Crippen MR) is 113 cm³/mol. The van der Waals surface area contributed by atoms with Crippen molar-refractivity contribution in [3.05, 3.63) is 47.2 Å². The molecule has 0 bridgehead atoms. The Morgan fingerprint density at radius 3 is 2.79 bits per heavy atom. The monoisotopic (exact) mass is 382 g/mol. The van der Waals surface area contributed by atoms with E-state index in [1.54, 1.807) is 12.1 Å². The van der Waals surface area contributed by atoms with Gasteiger partial charge in [-0.15, -0.1) is 0 Å². The molecule has 0 spiro atoms. The van der Waals surface area contributed by atoms with Crippen LogP contribution in [-0.4, -0.2) is 47.3 Å². The summed E-state index contributed by atoms with van der Waals surface area (Å²) in [6, 6.07) is 7.72. The maximum Gasteiger partial charge on any atom is 0.124 e. The molecule has 0 amide bonds. The number of para-hydroxylation sites is 1. The fourth-order valence-electron chi connectivity index (χ4n) is 4.64. The van der Waals surface area contributed by atoms with Gasteiger partial charge >= 0.3 is 0 Å². The smallest absolute Gasteiger partial charge is 0.124 e. The summed E-state index contributed by atoms with van der Waals surface area (Å²) in [4.78, 5) is 5.76. The van der Waals surface area contributed by atoms with E-state index < -0.39 is 0 Å². The number of aromatic nitrogens is 1. The average molecular weight is 383 g/mol. The molecule has 2 aliphatic rings. The number of anilines is 1. The average Bonchev–Trinajstić information content (AvgIpc) is 3.09. The highest BCUT2D eigenvalue weighted by atomic mass is 16.5. The van der Waals surface area contributed by atoms with E-state index in [-0.39, 0.29) is 5.75 Å². The van der Waals surface area contributed by atoms with Crippen molar-refractivity contribution in [1.29, 1.82) is 0 Å². The summed E-state index contributed by atoms with van der Waals surface area (Å²) in [5, 5.41) is 10.1. The Balaban J connectivity index is 1.57. The van der Waals surface area contributed by atoms with Crippen LogP contribution in [-0.2, 0) is 4.74 Å². The highest BCUT2D eigenvalue weighted by molar-refractivity contribution is 5.85. The van der Waals surface area contributed by atoms with Gasteiger partial charge in [0.05, 0.1) is 13.2 Å². The topological polar surface area (TPSA) is 101 Å². The van der Waals surface area contributed by atoms with Crippen LogP contribution in [0.15, 0.2) is 30.5 Å². The van der Waals surface area contributed by atoms with Gasteiger partial charge in [-0.3, -0.25) is 4.90 Å². The summed E-state index contributed by atoms with van der Waals surface area (Å²) in [7, 11) is 0. The second kappa shape index (κ2) is 8.29. The number of aromatic hydroxyl groups is 1. The fraction of sp³-hybridized carbons (Fsp3) is 0.455. The van der Waals surface area contributed by atoms with Gasteiger partial charge in [0.25, 0.3) is 0 Å². The number of aromatic amines is 1. The number of phenols is 1. The zero-order valence-electron chi connectivity index (χ0n) is 16.2. The third-order valence-electron chi connectivity index (χ3n) is 6.15. The molecule has 2 fully saturated rings. The van der Waals surface area contributed by atoms with E-state index in [1.807, 2.05) is 24.4 Å². The second-order valence-corrected chi connectivity index (χ2v) is 7.85. The maximum absolute atomic E-state index is 10.1. The minimum Gasteiger partial charge on any atom is -0.507 e. The summed E-state index contributed by atoms with van der Waals surface area (Å²) in [6.45, 7) is 3.73. The molecule has 2 heterocycles. The molecule has 1 aliphatic carbocycles. The molecule has 1 aromatic heterocycles. The van der Waals surface area contributed by atoms with Gasteiger partial charge in [0.15, 0.2) is 0 Å². The Bertz CT molecular complexity index is 839. The minimum atomic E-state index is 0.178. The number of hydrogen-bond acceptors (Lipinski definition) is 5. The van der Waals surface area contributed by atoms with Crippen molar-refractivity contribution >= 4 is 17.6 Å². The van der Waals surface area contributed by atoms with Crippen molar-refractivity contribution in [2.24, 2.45) is 5.73 Å². The molecule has 2 aromatic rings. The molecule has 0 radical (unpaired) electrons. The molecule has 1 aromatic carbocycles. The molecule has 6 heteroatoms. The molecule has 2 atom stereocenters. The van der Waals surface area contributed by atoms with E-state index in [0.29, 0.717) is 29.0 Å². The van der Waals surface area contributed by atoms with Crippen LogP contribution in [0.5, 0.6) is 5.75 Å². The van der Waals surface area contributed by atoms with Gasteiger partial charge in [-0.05, 0) is 49.0 Å². The van der Waals surface area contributed by atoms with Gasteiger partial charge in [-0.2, -0.15) is 0 Å². The van der Waals surface area contributed by atoms with Gasteiger partial charge in [0.2, 0.25) is 0 Å². The number of nitrogen functional groups attached to an aromatic ring is 1. The van der Waals surface area contributed by atoms with Crippen LogP contribution in [0.2, 0.25) is 0 Å². The number of nitrogens with zero attached hydrogens (tertiary/aromatic N) is 1. The van der Waals surface area contributed by atoms with Crippen LogP contribution in [0, 0.1) is 0 Å². The molecule has 1 saturated carbocycles. The van der Waals surface area contributed by atoms with Crippen LogP contribution < -0.4 is 11.5 Å². The Hall–Kier alpha value is -2.44. The highest BCUT2D eigenvalue weighted by Crippen LogP contribution is 2.39. The van der Waals surface area contributed by atoms with E-state index in [9.17, 15) is 5.11 Å².